The molecule has 3 aliphatic heterocycles. The molecule has 0 spiro atoms. The molecule has 3 amide bonds. The second-order valence-corrected chi connectivity index (χ2v) is 8.17. The van der Waals surface area contributed by atoms with Crippen LogP contribution in [0.25, 0.3) is 0 Å². The van der Waals surface area contributed by atoms with Crippen LogP contribution in [-0.4, -0.2) is 84.2 Å². The van der Waals surface area contributed by atoms with E-state index in [1.807, 2.05) is 11.8 Å². The molecule has 0 saturated carbocycles. The van der Waals surface area contributed by atoms with Gasteiger partial charge >= 0.3 is 16.4 Å². The van der Waals surface area contributed by atoms with Crippen molar-refractivity contribution in [2.45, 2.75) is 31.0 Å². The van der Waals surface area contributed by atoms with Gasteiger partial charge in [0, 0.05) is 30.6 Å². The lowest BCUT2D eigenvalue weighted by Gasteiger charge is -2.29. The molecule has 0 radical (unpaired) electrons. The summed E-state index contributed by atoms with van der Waals surface area (Å²) in [6.07, 6.45) is 0.713. The van der Waals surface area contributed by atoms with E-state index in [9.17, 15) is 18.0 Å². The minimum Gasteiger partial charge on any atom is -0.310 e. The van der Waals surface area contributed by atoms with Crippen LogP contribution in [0.1, 0.15) is 12.8 Å². The van der Waals surface area contributed by atoms with Gasteiger partial charge in [0.1, 0.15) is 6.04 Å². The van der Waals surface area contributed by atoms with Crippen molar-refractivity contribution < 1.29 is 31.7 Å². The van der Waals surface area contributed by atoms with E-state index in [1.54, 1.807) is 0 Å². The van der Waals surface area contributed by atoms with Crippen molar-refractivity contribution in [3.8, 4) is 0 Å². The highest BCUT2D eigenvalue weighted by molar-refractivity contribution is 7.99. The summed E-state index contributed by atoms with van der Waals surface area (Å²) in [4.78, 5) is 31.0. The molecule has 0 aromatic rings. The molecule has 3 N–H and O–H groups in total. The molecule has 2 bridgehead atoms. The number of amides is 3. The fraction of sp³-hybridized carbons (Fsp3) is 0.833. The number of fused-ring (bicyclic) bond motifs is 2. The van der Waals surface area contributed by atoms with Gasteiger partial charge in [-0.05, 0) is 12.8 Å². The average Bonchev–Trinajstić information content (AvgIpc) is 2.79. The first-order valence-electron chi connectivity index (χ1n) is 7.85. The predicted octanol–water partition coefficient (Wildman–Crippen LogP) is -1.26. The monoisotopic (exact) mass is 396 g/mol. The van der Waals surface area contributed by atoms with Gasteiger partial charge < -0.3 is 10.2 Å². The first-order valence-corrected chi connectivity index (χ1v) is 10.4. The summed E-state index contributed by atoms with van der Waals surface area (Å²) in [5.74, 6) is 1.47. The Bertz CT molecular complexity index is 625. The molecule has 13 heteroatoms. The SMILES string of the molecule is O=C(NOCC1CSCCN1)[C@@H]1CC[C@@H]2CN1C(=O)N2OS(=O)(=O)O. The number of hydrogen-bond donors (Lipinski definition) is 3. The zero-order chi connectivity index (χ0) is 18.0. The molecule has 3 rings (SSSR count). The van der Waals surface area contributed by atoms with E-state index in [1.165, 1.54) is 4.90 Å². The van der Waals surface area contributed by atoms with Crippen LogP contribution in [0.4, 0.5) is 4.79 Å². The molecule has 0 aliphatic carbocycles. The fourth-order valence-corrected chi connectivity index (χ4v) is 4.43. The predicted molar refractivity (Wildman–Crippen MR) is 86.6 cm³/mol. The lowest BCUT2D eigenvalue weighted by atomic mass is 10.0. The zero-order valence-corrected chi connectivity index (χ0v) is 14.9. The summed E-state index contributed by atoms with van der Waals surface area (Å²) in [6, 6.07) is -1.91. The highest BCUT2D eigenvalue weighted by Crippen LogP contribution is 2.30. The molecule has 3 heterocycles. The Hall–Kier alpha value is -1.12. The molecular formula is C12H20N4O7S2. The van der Waals surface area contributed by atoms with Crippen molar-refractivity contribution in [2.24, 2.45) is 0 Å². The fourth-order valence-electron chi connectivity index (χ4n) is 3.11. The Balaban J connectivity index is 1.51. The number of carbonyl (C=O) groups is 2. The molecule has 25 heavy (non-hydrogen) atoms. The zero-order valence-electron chi connectivity index (χ0n) is 13.3. The van der Waals surface area contributed by atoms with Crippen molar-refractivity contribution in [1.82, 2.24) is 20.8 Å². The summed E-state index contributed by atoms with van der Waals surface area (Å²) in [7, 11) is -4.80. The molecule has 3 saturated heterocycles. The van der Waals surface area contributed by atoms with Gasteiger partial charge in [-0.2, -0.15) is 25.2 Å². The van der Waals surface area contributed by atoms with E-state index in [0.717, 1.165) is 18.1 Å². The summed E-state index contributed by atoms with van der Waals surface area (Å²) < 4.78 is 34.8. The first kappa shape index (κ1) is 18.7. The first-order chi connectivity index (χ1) is 11.8. The third-order valence-corrected chi connectivity index (χ3v) is 5.74. The van der Waals surface area contributed by atoms with Crippen LogP contribution in [0.5, 0.6) is 0 Å². The third-order valence-electron chi connectivity index (χ3n) is 4.26. The van der Waals surface area contributed by atoms with Crippen molar-refractivity contribution in [3.63, 3.8) is 0 Å². The minimum atomic E-state index is -4.80. The number of nitrogens with one attached hydrogen (secondary N) is 2. The van der Waals surface area contributed by atoms with E-state index in [4.69, 9.17) is 9.39 Å². The Labute approximate surface area is 149 Å². The maximum Gasteiger partial charge on any atom is 0.418 e. The van der Waals surface area contributed by atoms with Crippen molar-refractivity contribution >= 4 is 34.1 Å². The van der Waals surface area contributed by atoms with Crippen LogP contribution < -0.4 is 10.8 Å². The number of carbonyl (C=O) groups excluding carboxylic acids is 2. The van der Waals surface area contributed by atoms with Crippen LogP contribution in [0.2, 0.25) is 0 Å². The van der Waals surface area contributed by atoms with E-state index >= 15 is 0 Å². The van der Waals surface area contributed by atoms with E-state index < -0.39 is 34.4 Å². The molecule has 1 unspecified atom stereocenters. The summed E-state index contributed by atoms with van der Waals surface area (Å²) in [5, 5.41) is 3.87. The minimum absolute atomic E-state index is 0.146. The van der Waals surface area contributed by atoms with E-state index in [2.05, 4.69) is 15.1 Å². The van der Waals surface area contributed by atoms with Gasteiger partial charge in [-0.25, -0.2) is 10.3 Å². The number of hydrogen-bond acceptors (Lipinski definition) is 8. The van der Waals surface area contributed by atoms with E-state index in [-0.39, 0.29) is 12.6 Å². The Morgan fingerprint density at radius 2 is 2.24 bits per heavy atom. The Morgan fingerprint density at radius 3 is 2.92 bits per heavy atom. The maximum atomic E-state index is 12.3. The summed E-state index contributed by atoms with van der Waals surface area (Å²) in [6.45, 7) is 1.36. The molecule has 11 nitrogen and oxygen atoms in total. The third kappa shape index (κ3) is 4.54. The molecular weight excluding hydrogens is 376 g/mol. The lowest BCUT2D eigenvalue weighted by molar-refractivity contribution is -0.139. The number of hydroxylamine groups is 3. The van der Waals surface area contributed by atoms with Gasteiger partial charge in [0.05, 0.1) is 12.6 Å². The van der Waals surface area contributed by atoms with Crippen LogP contribution in [0, 0.1) is 0 Å². The quantitative estimate of drug-likeness (QED) is 0.371. The van der Waals surface area contributed by atoms with Crippen LogP contribution in [-0.2, 0) is 24.3 Å². The molecule has 3 aliphatic rings. The molecule has 3 fully saturated rings. The van der Waals surface area contributed by atoms with Gasteiger partial charge in [-0.3, -0.25) is 14.2 Å². The van der Waals surface area contributed by atoms with Crippen molar-refractivity contribution in [1.29, 1.82) is 0 Å². The van der Waals surface area contributed by atoms with Crippen LogP contribution in [0.15, 0.2) is 0 Å². The van der Waals surface area contributed by atoms with Crippen molar-refractivity contribution in [2.75, 3.05) is 31.2 Å². The number of nitrogens with zero attached hydrogens (tertiary/aromatic N) is 2. The molecule has 0 aromatic carbocycles. The summed E-state index contributed by atoms with van der Waals surface area (Å²) >= 11 is 1.81. The van der Waals surface area contributed by atoms with Crippen LogP contribution >= 0.6 is 11.8 Å². The van der Waals surface area contributed by atoms with Gasteiger partial charge in [-0.15, -0.1) is 4.28 Å². The van der Waals surface area contributed by atoms with Gasteiger partial charge in [0.15, 0.2) is 0 Å². The number of rotatable bonds is 6. The second-order valence-electron chi connectivity index (χ2n) is 6.01. The van der Waals surface area contributed by atoms with E-state index in [0.29, 0.717) is 24.5 Å². The number of piperidine rings is 1. The summed E-state index contributed by atoms with van der Waals surface area (Å²) in [5.41, 5.74) is 2.36. The largest absolute Gasteiger partial charge is 0.418 e. The standard InChI is InChI=1S/C12H20N4O7S2/c17-11(14-22-6-8-7-24-4-3-13-8)10-2-1-9-5-15(10)12(18)16(9)23-25(19,20)21/h8-10,13H,1-7H2,(H,14,17)(H,19,20,21)/t8?,9-,10+/m1/s1. The molecule has 3 atom stereocenters. The maximum absolute atomic E-state index is 12.3. The normalized spacial score (nSPS) is 29.8. The van der Waals surface area contributed by atoms with Gasteiger partial charge in [0.25, 0.3) is 5.91 Å². The Kier molecular flexibility index (Phi) is 5.70. The highest BCUT2D eigenvalue weighted by Gasteiger charge is 2.49. The lowest BCUT2D eigenvalue weighted by Crippen LogP contribution is -2.50. The highest BCUT2D eigenvalue weighted by atomic mass is 32.3. The average molecular weight is 396 g/mol. The van der Waals surface area contributed by atoms with Gasteiger partial charge in [-0.1, -0.05) is 0 Å². The topological polar surface area (TPSA) is 138 Å². The van der Waals surface area contributed by atoms with Gasteiger partial charge in [0.2, 0.25) is 0 Å². The molecule has 0 aromatic heterocycles. The Morgan fingerprint density at radius 1 is 1.44 bits per heavy atom. The second kappa shape index (κ2) is 7.63. The van der Waals surface area contributed by atoms with Crippen molar-refractivity contribution in [3.05, 3.63) is 0 Å². The number of urea groups is 1. The number of thioether (sulfide) groups is 1. The molecule has 142 valence electrons. The van der Waals surface area contributed by atoms with Crippen LogP contribution in [0.3, 0.4) is 0 Å². The smallest absolute Gasteiger partial charge is 0.310 e.